The highest BCUT2D eigenvalue weighted by Gasteiger charge is 2.00. The van der Waals surface area contributed by atoms with Gasteiger partial charge in [0.05, 0.1) is 0 Å². The Kier molecular flexibility index (Phi) is 3.29. The molecule has 0 atom stereocenters. The molecule has 2 heterocycles. The fraction of sp³-hybridized carbons (Fsp3) is 0.286. The van der Waals surface area contributed by atoms with Crippen molar-refractivity contribution in [3.8, 4) is 0 Å². The van der Waals surface area contributed by atoms with E-state index in [0.29, 0.717) is 0 Å². The van der Waals surface area contributed by atoms with Gasteiger partial charge in [0, 0.05) is 38.3 Å². The summed E-state index contributed by atoms with van der Waals surface area (Å²) < 4.78 is 1.95. The summed E-state index contributed by atoms with van der Waals surface area (Å²) in [5, 5.41) is 12.6. The molecule has 19 heavy (non-hydrogen) atoms. The van der Waals surface area contributed by atoms with Gasteiger partial charge in [-0.1, -0.05) is 6.07 Å². The van der Waals surface area contributed by atoms with Crippen molar-refractivity contribution in [3.05, 3.63) is 48.2 Å². The quantitative estimate of drug-likeness (QED) is 0.681. The Bertz CT molecular complexity index is 667. The van der Waals surface area contributed by atoms with Crippen LogP contribution in [0.5, 0.6) is 0 Å². The molecular formula is C14H17N5. The third-order valence-electron chi connectivity index (χ3n) is 3.28. The van der Waals surface area contributed by atoms with Gasteiger partial charge in [-0.05, 0) is 29.1 Å². The molecule has 0 aliphatic rings. The first-order valence-electron chi connectivity index (χ1n) is 6.42. The van der Waals surface area contributed by atoms with Crippen LogP contribution in [0.15, 0.2) is 36.8 Å². The van der Waals surface area contributed by atoms with Crippen LogP contribution in [-0.4, -0.2) is 26.3 Å². The molecule has 5 nitrogen and oxygen atoms in total. The fourth-order valence-corrected chi connectivity index (χ4v) is 2.18. The maximum atomic E-state index is 4.06. The Hall–Kier alpha value is -2.14. The molecule has 3 aromatic rings. The number of benzene rings is 1. The number of aromatic nitrogens is 4. The minimum Gasteiger partial charge on any atom is -0.361 e. The predicted molar refractivity (Wildman–Crippen MR) is 74.7 cm³/mol. The van der Waals surface area contributed by atoms with Crippen molar-refractivity contribution in [2.24, 2.45) is 7.05 Å². The summed E-state index contributed by atoms with van der Waals surface area (Å²) in [7, 11) is 1.97. The molecule has 2 N–H and O–H groups in total. The number of nitrogens with one attached hydrogen (secondary N) is 2. The van der Waals surface area contributed by atoms with Crippen LogP contribution in [0.1, 0.15) is 11.4 Å². The van der Waals surface area contributed by atoms with Gasteiger partial charge in [0.2, 0.25) is 0 Å². The standard InChI is InChI=1S/C14H17N5/c1-19-10-17-18-14(19)5-6-15-9-11-2-3-13-12(8-11)4-7-16-13/h2-4,7-8,10,15-16H,5-6,9H2,1H3. The van der Waals surface area contributed by atoms with E-state index in [4.69, 9.17) is 0 Å². The van der Waals surface area contributed by atoms with Gasteiger partial charge in [-0.25, -0.2) is 0 Å². The molecule has 5 heteroatoms. The van der Waals surface area contributed by atoms with E-state index < -0.39 is 0 Å². The Balaban J connectivity index is 1.53. The van der Waals surface area contributed by atoms with Crippen molar-refractivity contribution < 1.29 is 0 Å². The number of H-pyrrole nitrogens is 1. The molecule has 0 aliphatic carbocycles. The van der Waals surface area contributed by atoms with E-state index in [1.165, 1.54) is 16.5 Å². The van der Waals surface area contributed by atoms with E-state index in [-0.39, 0.29) is 0 Å². The van der Waals surface area contributed by atoms with Crippen molar-refractivity contribution in [2.75, 3.05) is 6.54 Å². The summed E-state index contributed by atoms with van der Waals surface area (Å²) in [6.45, 7) is 1.77. The van der Waals surface area contributed by atoms with Crippen LogP contribution in [0.4, 0.5) is 0 Å². The van der Waals surface area contributed by atoms with Gasteiger partial charge in [-0.3, -0.25) is 0 Å². The molecule has 0 saturated heterocycles. The Morgan fingerprint density at radius 3 is 3.11 bits per heavy atom. The van der Waals surface area contributed by atoms with Crippen LogP contribution in [0, 0.1) is 0 Å². The Labute approximate surface area is 111 Å². The van der Waals surface area contributed by atoms with Crippen LogP contribution in [-0.2, 0) is 20.0 Å². The predicted octanol–water partition coefficient (Wildman–Crippen LogP) is 1.63. The highest BCUT2D eigenvalue weighted by atomic mass is 15.2. The number of aromatic amines is 1. The third-order valence-corrected chi connectivity index (χ3v) is 3.28. The second kappa shape index (κ2) is 5.24. The second-order valence-corrected chi connectivity index (χ2v) is 4.68. The van der Waals surface area contributed by atoms with Crippen molar-refractivity contribution in [3.63, 3.8) is 0 Å². The molecule has 3 rings (SSSR count). The van der Waals surface area contributed by atoms with Crippen molar-refractivity contribution in [1.29, 1.82) is 0 Å². The molecule has 0 unspecified atom stereocenters. The average Bonchev–Trinajstić information content (AvgIpc) is 3.03. The van der Waals surface area contributed by atoms with Gasteiger partial charge in [-0.2, -0.15) is 0 Å². The minimum absolute atomic E-state index is 0.874. The lowest BCUT2D eigenvalue weighted by molar-refractivity contribution is 0.654. The van der Waals surface area contributed by atoms with Crippen LogP contribution >= 0.6 is 0 Å². The zero-order chi connectivity index (χ0) is 13.1. The molecule has 0 bridgehead atoms. The molecule has 0 saturated carbocycles. The lowest BCUT2D eigenvalue weighted by Crippen LogP contribution is -2.18. The van der Waals surface area contributed by atoms with E-state index in [2.05, 4.69) is 44.8 Å². The summed E-state index contributed by atoms with van der Waals surface area (Å²) in [6.07, 6.45) is 4.59. The molecule has 0 spiro atoms. The van der Waals surface area contributed by atoms with Crippen molar-refractivity contribution >= 4 is 10.9 Å². The fourth-order valence-electron chi connectivity index (χ4n) is 2.18. The summed E-state index contributed by atoms with van der Waals surface area (Å²) in [4.78, 5) is 3.20. The summed E-state index contributed by atoms with van der Waals surface area (Å²) in [5.74, 6) is 1.01. The summed E-state index contributed by atoms with van der Waals surface area (Å²) in [5.41, 5.74) is 2.48. The van der Waals surface area contributed by atoms with Gasteiger partial charge in [0.25, 0.3) is 0 Å². The topological polar surface area (TPSA) is 58.5 Å². The monoisotopic (exact) mass is 255 g/mol. The molecule has 0 aliphatic heterocycles. The molecule has 2 aromatic heterocycles. The molecule has 0 fully saturated rings. The van der Waals surface area contributed by atoms with Crippen molar-refractivity contribution in [2.45, 2.75) is 13.0 Å². The van der Waals surface area contributed by atoms with Crippen LogP contribution in [0.2, 0.25) is 0 Å². The normalized spacial score (nSPS) is 11.2. The number of aryl methyl sites for hydroxylation is 1. The highest BCUT2D eigenvalue weighted by molar-refractivity contribution is 5.79. The molecule has 0 radical (unpaired) electrons. The van der Waals surface area contributed by atoms with Gasteiger partial charge in [-0.15, -0.1) is 10.2 Å². The minimum atomic E-state index is 0.874. The second-order valence-electron chi connectivity index (χ2n) is 4.68. The van der Waals surface area contributed by atoms with E-state index in [1.807, 2.05) is 17.8 Å². The first-order valence-corrected chi connectivity index (χ1v) is 6.42. The van der Waals surface area contributed by atoms with Gasteiger partial charge < -0.3 is 14.9 Å². The molecule has 1 aromatic carbocycles. The Morgan fingerprint density at radius 1 is 1.32 bits per heavy atom. The average molecular weight is 255 g/mol. The number of rotatable bonds is 5. The van der Waals surface area contributed by atoms with E-state index >= 15 is 0 Å². The lowest BCUT2D eigenvalue weighted by Gasteiger charge is -2.05. The van der Waals surface area contributed by atoms with E-state index in [0.717, 1.165) is 25.3 Å². The smallest absolute Gasteiger partial charge is 0.133 e. The van der Waals surface area contributed by atoms with Crippen LogP contribution in [0.25, 0.3) is 10.9 Å². The number of hydrogen-bond acceptors (Lipinski definition) is 3. The van der Waals surface area contributed by atoms with Crippen LogP contribution < -0.4 is 5.32 Å². The molecule has 98 valence electrons. The van der Waals surface area contributed by atoms with E-state index in [1.54, 1.807) is 6.33 Å². The van der Waals surface area contributed by atoms with Crippen molar-refractivity contribution in [1.82, 2.24) is 25.1 Å². The van der Waals surface area contributed by atoms with Gasteiger partial charge >= 0.3 is 0 Å². The Morgan fingerprint density at radius 2 is 2.26 bits per heavy atom. The highest BCUT2D eigenvalue weighted by Crippen LogP contribution is 2.13. The maximum Gasteiger partial charge on any atom is 0.133 e. The zero-order valence-corrected chi connectivity index (χ0v) is 10.9. The number of nitrogens with zero attached hydrogens (tertiary/aromatic N) is 3. The summed E-state index contributed by atoms with van der Waals surface area (Å²) in [6, 6.07) is 8.57. The maximum absolute atomic E-state index is 4.06. The third kappa shape index (κ3) is 2.66. The van der Waals surface area contributed by atoms with E-state index in [9.17, 15) is 0 Å². The first-order chi connectivity index (χ1) is 9.33. The lowest BCUT2D eigenvalue weighted by atomic mass is 10.1. The SMILES string of the molecule is Cn1cnnc1CCNCc1ccc2[nH]ccc2c1. The number of hydrogen-bond donors (Lipinski definition) is 2. The number of fused-ring (bicyclic) bond motifs is 1. The first kappa shape index (κ1) is 11.9. The van der Waals surface area contributed by atoms with Gasteiger partial charge in [0.15, 0.2) is 0 Å². The molecular weight excluding hydrogens is 238 g/mol. The van der Waals surface area contributed by atoms with Gasteiger partial charge in [0.1, 0.15) is 12.2 Å². The zero-order valence-electron chi connectivity index (χ0n) is 10.9. The largest absolute Gasteiger partial charge is 0.361 e. The molecule has 0 amide bonds. The van der Waals surface area contributed by atoms with Crippen LogP contribution in [0.3, 0.4) is 0 Å². The summed E-state index contributed by atoms with van der Waals surface area (Å²) >= 11 is 0.